The summed E-state index contributed by atoms with van der Waals surface area (Å²) in [7, 11) is -2.86. The van der Waals surface area contributed by atoms with E-state index in [4.69, 9.17) is 0 Å². The van der Waals surface area contributed by atoms with E-state index in [2.05, 4.69) is 28.4 Å². The van der Waals surface area contributed by atoms with Crippen LogP contribution in [0.1, 0.15) is 31.2 Å². The van der Waals surface area contributed by atoms with Crippen molar-refractivity contribution in [1.82, 2.24) is 4.90 Å². The van der Waals surface area contributed by atoms with Crippen LogP contribution in [0.5, 0.6) is 0 Å². The molecule has 3 rings (SSSR count). The van der Waals surface area contributed by atoms with Gasteiger partial charge in [-0.25, -0.2) is 8.42 Å². The van der Waals surface area contributed by atoms with E-state index in [9.17, 15) is 8.42 Å². The molecule has 2 aliphatic rings. The van der Waals surface area contributed by atoms with Crippen LogP contribution < -0.4 is 5.32 Å². The summed E-state index contributed by atoms with van der Waals surface area (Å²) >= 11 is 0. The summed E-state index contributed by atoms with van der Waals surface area (Å²) in [5.41, 5.74) is 2.38. The smallest absolute Gasteiger partial charge is 0.152 e. The Morgan fingerprint density at radius 2 is 1.90 bits per heavy atom. The molecule has 2 heterocycles. The lowest BCUT2D eigenvalue weighted by atomic mass is 10.1. The number of hydrogen-bond acceptors (Lipinski definition) is 4. The van der Waals surface area contributed by atoms with Crippen molar-refractivity contribution in [3.8, 4) is 0 Å². The molecule has 0 spiro atoms. The minimum Gasteiger partial charge on any atom is -0.381 e. The van der Waals surface area contributed by atoms with E-state index in [1.165, 1.54) is 31.5 Å². The van der Waals surface area contributed by atoms with Crippen LogP contribution >= 0.6 is 0 Å². The highest BCUT2D eigenvalue weighted by atomic mass is 32.2. The SMILES string of the molecule is O=S1(=O)CCCC(Nc2ccccc2CN2CCCC2)C1. The van der Waals surface area contributed by atoms with Gasteiger partial charge in [-0.05, 0) is 50.4 Å². The first-order chi connectivity index (χ1) is 10.1. The van der Waals surface area contributed by atoms with Gasteiger partial charge >= 0.3 is 0 Å². The fourth-order valence-electron chi connectivity index (χ4n) is 3.34. The van der Waals surface area contributed by atoms with Gasteiger partial charge in [-0.15, -0.1) is 0 Å². The first-order valence-electron chi connectivity index (χ1n) is 7.90. The van der Waals surface area contributed by atoms with Crippen LogP contribution in [0.25, 0.3) is 0 Å². The van der Waals surface area contributed by atoms with E-state index in [-0.39, 0.29) is 11.8 Å². The number of rotatable bonds is 4. The predicted octanol–water partition coefficient (Wildman–Crippen LogP) is 2.27. The molecule has 1 atom stereocenters. The summed E-state index contributed by atoms with van der Waals surface area (Å²) in [4.78, 5) is 2.47. The number of anilines is 1. The molecule has 0 aromatic heterocycles. The predicted molar refractivity (Wildman–Crippen MR) is 86.3 cm³/mol. The van der Waals surface area contributed by atoms with Crippen LogP contribution in [-0.2, 0) is 16.4 Å². The fraction of sp³-hybridized carbons (Fsp3) is 0.625. The van der Waals surface area contributed by atoms with Gasteiger partial charge in [0.15, 0.2) is 9.84 Å². The number of hydrogen-bond donors (Lipinski definition) is 1. The van der Waals surface area contributed by atoms with Gasteiger partial charge < -0.3 is 5.32 Å². The molecule has 1 N–H and O–H groups in total. The van der Waals surface area contributed by atoms with Crippen molar-refractivity contribution in [3.05, 3.63) is 29.8 Å². The number of para-hydroxylation sites is 1. The van der Waals surface area contributed by atoms with Crippen LogP contribution in [0, 0.1) is 0 Å². The zero-order chi connectivity index (χ0) is 14.7. The van der Waals surface area contributed by atoms with Gasteiger partial charge in [-0.1, -0.05) is 18.2 Å². The topological polar surface area (TPSA) is 49.4 Å². The molecule has 0 bridgehead atoms. The molecule has 1 aromatic carbocycles. The lowest BCUT2D eigenvalue weighted by Gasteiger charge is -2.26. The highest BCUT2D eigenvalue weighted by Gasteiger charge is 2.25. The van der Waals surface area contributed by atoms with Crippen molar-refractivity contribution < 1.29 is 8.42 Å². The number of likely N-dealkylation sites (tertiary alicyclic amines) is 1. The molecule has 0 amide bonds. The second-order valence-electron chi connectivity index (χ2n) is 6.24. The Balaban J connectivity index is 1.69. The quantitative estimate of drug-likeness (QED) is 0.927. The van der Waals surface area contributed by atoms with Crippen LogP contribution in [0.4, 0.5) is 5.69 Å². The maximum atomic E-state index is 11.8. The largest absolute Gasteiger partial charge is 0.381 e. The molecule has 2 saturated heterocycles. The summed E-state index contributed by atoms with van der Waals surface area (Å²) in [6.45, 7) is 3.31. The van der Waals surface area contributed by atoms with Gasteiger partial charge in [0.1, 0.15) is 0 Å². The summed E-state index contributed by atoms with van der Waals surface area (Å²) in [5.74, 6) is 0.617. The van der Waals surface area contributed by atoms with Crippen molar-refractivity contribution >= 4 is 15.5 Å². The van der Waals surface area contributed by atoms with E-state index < -0.39 is 9.84 Å². The molecular weight excluding hydrogens is 284 g/mol. The lowest BCUT2D eigenvalue weighted by Crippen LogP contribution is -2.35. The van der Waals surface area contributed by atoms with Gasteiger partial charge in [0.2, 0.25) is 0 Å². The highest BCUT2D eigenvalue weighted by Crippen LogP contribution is 2.23. The zero-order valence-corrected chi connectivity index (χ0v) is 13.2. The Morgan fingerprint density at radius 3 is 2.67 bits per heavy atom. The number of nitrogens with one attached hydrogen (secondary N) is 1. The fourth-order valence-corrected chi connectivity index (χ4v) is 4.97. The Kier molecular flexibility index (Phi) is 4.50. The Labute approximate surface area is 127 Å². The Morgan fingerprint density at radius 1 is 1.14 bits per heavy atom. The van der Waals surface area contributed by atoms with Gasteiger partial charge in [-0.3, -0.25) is 4.90 Å². The third-order valence-electron chi connectivity index (χ3n) is 4.43. The van der Waals surface area contributed by atoms with E-state index in [1.807, 2.05) is 6.07 Å². The molecule has 116 valence electrons. The van der Waals surface area contributed by atoms with Crippen molar-refractivity contribution in [2.45, 2.75) is 38.3 Å². The van der Waals surface area contributed by atoms with Crippen molar-refractivity contribution in [2.75, 3.05) is 29.9 Å². The summed E-state index contributed by atoms with van der Waals surface area (Å²) < 4.78 is 23.5. The molecule has 21 heavy (non-hydrogen) atoms. The summed E-state index contributed by atoms with van der Waals surface area (Å²) in [5, 5.41) is 3.47. The molecule has 2 fully saturated rings. The zero-order valence-electron chi connectivity index (χ0n) is 12.4. The number of benzene rings is 1. The maximum absolute atomic E-state index is 11.8. The summed E-state index contributed by atoms with van der Waals surface area (Å²) in [6.07, 6.45) is 4.29. The standard InChI is InChI=1S/C16H24N2O2S/c19-21(20)11-5-7-15(13-21)17-16-8-2-1-6-14(16)12-18-9-3-4-10-18/h1-2,6,8,15,17H,3-5,7,9-13H2. The molecule has 5 heteroatoms. The van der Waals surface area contributed by atoms with Crippen LogP contribution in [0.15, 0.2) is 24.3 Å². The minimum atomic E-state index is -2.86. The van der Waals surface area contributed by atoms with Gasteiger partial charge in [0.25, 0.3) is 0 Å². The van der Waals surface area contributed by atoms with E-state index in [0.29, 0.717) is 5.75 Å². The average molecular weight is 308 g/mol. The van der Waals surface area contributed by atoms with Gasteiger partial charge in [0, 0.05) is 18.3 Å². The molecule has 2 aliphatic heterocycles. The van der Waals surface area contributed by atoms with Crippen LogP contribution in [-0.4, -0.2) is 44.0 Å². The molecule has 4 nitrogen and oxygen atoms in total. The first kappa shape index (κ1) is 14.9. The Hall–Kier alpha value is -1.07. The lowest BCUT2D eigenvalue weighted by molar-refractivity contribution is 0.332. The summed E-state index contributed by atoms with van der Waals surface area (Å²) in [6, 6.07) is 8.37. The average Bonchev–Trinajstić information content (AvgIpc) is 2.93. The highest BCUT2D eigenvalue weighted by molar-refractivity contribution is 7.91. The Bertz CT molecular complexity index is 580. The molecule has 1 unspecified atom stereocenters. The van der Waals surface area contributed by atoms with Gasteiger partial charge in [0.05, 0.1) is 11.5 Å². The molecule has 0 radical (unpaired) electrons. The van der Waals surface area contributed by atoms with Crippen molar-refractivity contribution in [3.63, 3.8) is 0 Å². The molecule has 0 saturated carbocycles. The van der Waals surface area contributed by atoms with Crippen LogP contribution in [0.2, 0.25) is 0 Å². The second-order valence-corrected chi connectivity index (χ2v) is 8.47. The van der Waals surface area contributed by atoms with E-state index in [1.54, 1.807) is 0 Å². The van der Waals surface area contributed by atoms with Crippen molar-refractivity contribution in [2.24, 2.45) is 0 Å². The first-order valence-corrected chi connectivity index (χ1v) is 9.72. The molecule has 1 aromatic rings. The number of sulfone groups is 1. The third kappa shape index (κ3) is 3.98. The second kappa shape index (κ2) is 6.36. The monoisotopic (exact) mass is 308 g/mol. The van der Waals surface area contributed by atoms with E-state index in [0.717, 1.165) is 25.1 Å². The normalized spacial score (nSPS) is 25.8. The van der Waals surface area contributed by atoms with E-state index >= 15 is 0 Å². The van der Waals surface area contributed by atoms with Crippen LogP contribution in [0.3, 0.4) is 0 Å². The minimum absolute atomic E-state index is 0.0588. The molecular formula is C16H24N2O2S. The maximum Gasteiger partial charge on any atom is 0.152 e. The third-order valence-corrected chi connectivity index (χ3v) is 6.25. The molecule has 0 aliphatic carbocycles. The van der Waals surface area contributed by atoms with Crippen molar-refractivity contribution in [1.29, 1.82) is 0 Å². The number of nitrogens with zero attached hydrogens (tertiary/aromatic N) is 1. The van der Waals surface area contributed by atoms with Gasteiger partial charge in [-0.2, -0.15) is 0 Å².